The molecule has 1 atom stereocenters. The summed E-state index contributed by atoms with van der Waals surface area (Å²) in [6, 6.07) is 0.653. The molecule has 1 unspecified atom stereocenters. The SMILES string of the molecule is CCN1CCN(C(C)CNC(C)(C)CC)CC1. The topological polar surface area (TPSA) is 18.5 Å². The van der Waals surface area contributed by atoms with Crippen LogP contribution in [0.5, 0.6) is 0 Å². The minimum Gasteiger partial charge on any atom is -0.310 e. The zero-order valence-electron chi connectivity index (χ0n) is 12.4. The van der Waals surface area contributed by atoms with E-state index < -0.39 is 0 Å². The largest absolute Gasteiger partial charge is 0.310 e. The van der Waals surface area contributed by atoms with Gasteiger partial charge in [0.2, 0.25) is 0 Å². The van der Waals surface area contributed by atoms with E-state index in [-0.39, 0.29) is 5.54 Å². The first-order valence-corrected chi connectivity index (χ1v) is 7.20. The summed E-state index contributed by atoms with van der Waals surface area (Å²) in [6.45, 7) is 18.6. The van der Waals surface area contributed by atoms with Gasteiger partial charge in [0.25, 0.3) is 0 Å². The smallest absolute Gasteiger partial charge is 0.0193 e. The van der Waals surface area contributed by atoms with Gasteiger partial charge in [-0.3, -0.25) is 4.90 Å². The third-order valence-electron chi connectivity index (χ3n) is 4.24. The van der Waals surface area contributed by atoms with Crippen LogP contribution in [0.3, 0.4) is 0 Å². The third kappa shape index (κ3) is 4.94. The van der Waals surface area contributed by atoms with E-state index >= 15 is 0 Å². The Morgan fingerprint density at radius 3 is 2.18 bits per heavy atom. The summed E-state index contributed by atoms with van der Waals surface area (Å²) in [4.78, 5) is 5.15. The van der Waals surface area contributed by atoms with Gasteiger partial charge in [-0.15, -0.1) is 0 Å². The number of hydrogen-bond donors (Lipinski definition) is 1. The van der Waals surface area contributed by atoms with Gasteiger partial charge in [0, 0.05) is 44.3 Å². The average Bonchev–Trinajstić information content (AvgIpc) is 2.36. The number of likely N-dealkylation sites (N-methyl/N-ethyl adjacent to an activating group) is 1. The van der Waals surface area contributed by atoms with Gasteiger partial charge in [-0.05, 0) is 33.7 Å². The van der Waals surface area contributed by atoms with Crippen molar-refractivity contribution in [2.45, 2.75) is 52.6 Å². The van der Waals surface area contributed by atoms with Crippen molar-refractivity contribution in [3.8, 4) is 0 Å². The Kier molecular flexibility index (Phi) is 5.90. The van der Waals surface area contributed by atoms with E-state index in [0.717, 1.165) is 6.54 Å². The number of piperazine rings is 1. The van der Waals surface area contributed by atoms with Crippen molar-refractivity contribution in [1.82, 2.24) is 15.1 Å². The fourth-order valence-electron chi connectivity index (χ4n) is 2.20. The lowest BCUT2D eigenvalue weighted by Crippen LogP contribution is -2.53. The van der Waals surface area contributed by atoms with E-state index in [2.05, 4.69) is 49.7 Å². The standard InChI is InChI=1S/C14H31N3/c1-6-14(4,5)15-12-13(3)17-10-8-16(7-2)9-11-17/h13,15H,6-12H2,1-5H3. The maximum absolute atomic E-state index is 3.68. The summed E-state index contributed by atoms with van der Waals surface area (Å²) in [5, 5.41) is 3.68. The van der Waals surface area contributed by atoms with E-state index in [1.807, 2.05) is 0 Å². The molecule has 0 aromatic rings. The summed E-state index contributed by atoms with van der Waals surface area (Å²) >= 11 is 0. The fraction of sp³-hybridized carbons (Fsp3) is 1.00. The lowest BCUT2D eigenvalue weighted by molar-refractivity contribution is 0.102. The molecule has 0 aromatic carbocycles. The third-order valence-corrected chi connectivity index (χ3v) is 4.24. The normalized spacial score (nSPS) is 21.7. The number of nitrogens with one attached hydrogen (secondary N) is 1. The molecule has 0 saturated carbocycles. The first kappa shape index (κ1) is 14.9. The molecule has 1 aliphatic rings. The Hall–Kier alpha value is -0.120. The van der Waals surface area contributed by atoms with E-state index in [0.29, 0.717) is 6.04 Å². The van der Waals surface area contributed by atoms with Gasteiger partial charge in [-0.1, -0.05) is 13.8 Å². The molecule has 1 fully saturated rings. The molecule has 0 aromatic heterocycles. The summed E-state index contributed by atoms with van der Waals surface area (Å²) in [7, 11) is 0. The molecular formula is C14H31N3. The highest BCUT2D eigenvalue weighted by atomic mass is 15.3. The van der Waals surface area contributed by atoms with Gasteiger partial charge in [0.1, 0.15) is 0 Å². The molecule has 0 spiro atoms. The monoisotopic (exact) mass is 241 g/mol. The van der Waals surface area contributed by atoms with Gasteiger partial charge in [-0.2, -0.15) is 0 Å². The molecule has 3 heteroatoms. The van der Waals surface area contributed by atoms with E-state index in [4.69, 9.17) is 0 Å². The van der Waals surface area contributed by atoms with Crippen molar-refractivity contribution < 1.29 is 0 Å². The summed E-state index contributed by atoms with van der Waals surface area (Å²) in [5.41, 5.74) is 0.277. The van der Waals surface area contributed by atoms with Crippen LogP contribution in [0, 0.1) is 0 Å². The van der Waals surface area contributed by atoms with Gasteiger partial charge in [-0.25, -0.2) is 0 Å². The molecule has 1 heterocycles. The fourth-order valence-corrected chi connectivity index (χ4v) is 2.20. The minimum atomic E-state index is 0.277. The molecule has 0 aliphatic carbocycles. The molecule has 0 radical (unpaired) electrons. The Balaban J connectivity index is 2.27. The average molecular weight is 241 g/mol. The molecular weight excluding hydrogens is 210 g/mol. The van der Waals surface area contributed by atoms with Crippen LogP contribution < -0.4 is 5.32 Å². The van der Waals surface area contributed by atoms with Gasteiger partial charge < -0.3 is 10.2 Å². The lowest BCUT2D eigenvalue weighted by Gasteiger charge is -2.39. The molecule has 1 N–H and O–H groups in total. The van der Waals surface area contributed by atoms with Crippen LogP contribution in [0.25, 0.3) is 0 Å². The Morgan fingerprint density at radius 2 is 1.71 bits per heavy atom. The van der Waals surface area contributed by atoms with Crippen LogP contribution in [0.1, 0.15) is 41.0 Å². The van der Waals surface area contributed by atoms with Crippen LogP contribution in [0.2, 0.25) is 0 Å². The van der Waals surface area contributed by atoms with Gasteiger partial charge in [0.05, 0.1) is 0 Å². The second-order valence-corrected chi connectivity index (χ2v) is 5.94. The van der Waals surface area contributed by atoms with Crippen molar-refractivity contribution in [2.24, 2.45) is 0 Å². The maximum atomic E-state index is 3.68. The highest BCUT2D eigenvalue weighted by Crippen LogP contribution is 2.09. The number of nitrogens with zero attached hydrogens (tertiary/aromatic N) is 2. The van der Waals surface area contributed by atoms with Crippen LogP contribution in [0.4, 0.5) is 0 Å². The van der Waals surface area contributed by atoms with Crippen LogP contribution in [-0.2, 0) is 0 Å². The first-order chi connectivity index (χ1) is 7.98. The zero-order valence-corrected chi connectivity index (χ0v) is 12.4. The molecule has 1 aliphatic heterocycles. The van der Waals surface area contributed by atoms with Crippen LogP contribution in [-0.4, -0.2) is 60.6 Å². The second-order valence-electron chi connectivity index (χ2n) is 5.94. The molecule has 1 saturated heterocycles. The number of hydrogen-bond acceptors (Lipinski definition) is 3. The summed E-state index contributed by atoms with van der Waals surface area (Å²) in [6.07, 6.45) is 1.18. The van der Waals surface area contributed by atoms with E-state index in [1.54, 1.807) is 0 Å². The quantitative estimate of drug-likeness (QED) is 0.765. The van der Waals surface area contributed by atoms with E-state index in [9.17, 15) is 0 Å². The van der Waals surface area contributed by atoms with Crippen molar-refractivity contribution in [3.63, 3.8) is 0 Å². The lowest BCUT2D eigenvalue weighted by atomic mass is 10.0. The van der Waals surface area contributed by atoms with Gasteiger partial charge >= 0.3 is 0 Å². The molecule has 17 heavy (non-hydrogen) atoms. The Labute approximate surface area is 108 Å². The van der Waals surface area contributed by atoms with Crippen LogP contribution in [0.15, 0.2) is 0 Å². The molecule has 0 amide bonds. The first-order valence-electron chi connectivity index (χ1n) is 7.20. The van der Waals surface area contributed by atoms with Crippen molar-refractivity contribution in [1.29, 1.82) is 0 Å². The summed E-state index contributed by atoms with van der Waals surface area (Å²) < 4.78 is 0. The van der Waals surface area contributed by atoms with Crippen molar-refractivity contribution in [3.05, 3.63) is 0 Å². The predicted molar refractivity (Wildman–Crippen MR) is 75.5 cm³/mol. The van der Waals surface area contributed by atoms with Crippen molar-refractivity contribution >= 4 is 0 Å². The Morgan fingerprint density at radius 1 is 1.12 bits per heavy atom. The molecule has 0 bridgehead atoms. The van der Waals surface area contributed by atoms with E-state index in [1.165, 1.54) is 39.1 Å². The molecule has 3 nitrogen and oxygen atoms in total. The van der Waals surface area contributed by atoms with Crippen molar-refractivity contribution in [2.75, 3.05) is 39.3 Å². The highest BCUT2D eigenvalue weighted by molar-refractivity contribution is 4.81. The maximum Gasteiger partial charge on any atom is 0.0193 e. The zero-order chi connectivity index (χ0) is 12.9. The molecule has 1 rings (SSSR count). The Bertz CT molecular complexity index is 208. The van der Waals surface area contributed by atoms with Crippen LogP contribution >= 0.6 is 0 Å². The minimum absolute atomic E-state index is 0.277. The summed E-state index contributed by atoms with van der Waals surface area (Å²) in [5.74, 6) is 0. The number of rotatable bonds is 6. The predicted octanol–water partition coefficient (Wildman–Crippen LogP) is 1.79. The molecule has 102 valence electrons. The highest BCUT2D eigenvalue weighted by Gasteiger charge is 2.22. The van der Waals surface area contributed by atoms with Gasteiger partial charge in [0.15, 0.2) is 0 Å². The second kappa shape index (κ2) is 6.72.